The topological polar surface area (TPSA) is 80.0 Å². The Hall–Kier alpha value is -2.76. The molecule has 1 aromatic heterocycles. The number of aromatic carboxylic acids is 1. The summed E-state index contributed by atoms with van der Waals surface area (Å²) in [6.45, 7) is 5.61. The van der Waals surface area contributed by atoms with Gasteiger partial charge in [0.25, 0.3) is 5.91 Å². The average Bonchev–Trinajstić information content (AvgIpc) is 3.00. The number of hydrogen-bond acceptors (Lipinski definition) is 4. The molecule has 6 nitrogen and oxygen atoms in total. The fourth-order valence-corrected chi connectivity index (χ4v) is 2.72. The first-order chi connectivity index (χ1) is 11.3. The molecule has 0 saturated carbocycles. The number of fused-ring (bicyclic) bond motifs is 1. The number of rotatable bonds is 4. The zero-order valence-electron chi connectivity index (χ0n) is 13.8. The summed E-state index contributed by atoms with van der Waals surface area (Å²) in [7, 11) is 0. The first-order valence-corrected chi connectivity index (χ1v) is 7.77. The summed E-state index contributed by atoms with van der Waals surface area (Å²) in [5, 5.41) is 8.97. The quantitative estimate of drug-likeness (QED) is 0.931. The van der Waals surface area contributed by atoms with Crippen LogP contribution in [-0.2, 0) is 17.8 Å². The minimum Gasteiger partial charge on any atom is -0.476 e. The van der Waals surface area contributed by atoms with Crippen LogP contribution in [0.3, 0.4) is 0 Å². The number of anilines is 1. The molecule has 6 heteroatoms. The molecule has 0 saturated heterocycles. The Bertz CT molecular complexity index is 805. The molecular formula is C18H19NO5. The van der Waals surface area contributed by atoms with Gasteiger partial charge in [0.2, 0.25) is 5.76 Å². The summed E-state index contributed by atoms with van der Waals surface area (Å²) in [4.78, 5) is 25.3. The van der Waals surface area contributed by atoms with E-state index >= 15 is 0 Å². The van der Waals surface area contributed by atoms with Gasteiger partial charge < -0.3 is 14.3 Å². The molecule has 2 aromatic rings. The van der Waals surface area contributed by atoms with Crippen LogP contribution >= 0.6 is 0 Å². The number of nitrogens with zero attached hydrogens (tertiary/aromatic N) is 1. The van der Waals surface area contributed by atoms with Crippen LogP contribution in [0.4, 0.5) is 5.69 Å². The van der Waals surface area contributed by atoms with E-state index in [-0.39, 0.29) is 18.2 Å². The fraction of sp³-hybridized carbons (Fsp3) is 0.333. The highest BCUT2D eigenvalue weighted by atomic mass is 16.5. The second-order valence-corrected chi connectivity index (χ2v) is 6.23. The van der Waals surface area contributed by atoms with E-state index in [4.69, 9.17) is 14.3 Å². The molecule has 1 aliphatic heterocycles. The summed E-state index contributed by atoms with van der Waals surface area (Å²) >= 11 is 0. The van der Waals surface area contributed by atoms with E-state index in [0.29, 0.717) is 17.2 Å². The zero-order valence-corrected chi connectivity index (χ0v) is 13.8. The van der Waals surface area contributed by atoms with Gasteiger partial charge in [0.1, 0.15) is 11.5 Å². The van der Waals surface area contributed by atoms with Crippen molar-refractivity contribution in [2.24, 2.45) is 0 Å². The van der Waals surface area contributed by atoms with Gasteiger partial charge in [-0.05, 0) is 50.1 Å². The first kappa shape index (κ1) is 16.1. The molecule has 0 aliphatic carbocycles. The second-order valence-electron chi connectivity index (χ2n) is 6.23. The van der Waals surface area contributed by atoms with Crippen molar-refractivity contribution in [3.8, 4) is 5.75 Å². The van der Waals surface area contributed by atoms with E-state index in [9.17, 15) is 9.59 Å². The molecule has 126 valence electrons. The number of carboxylic acids is 1. The van der Waals surface area contributed by atoms with Gasteiger partial charge in [0.05, 0.1) is 12.2 Å². The summed E-state index contributed by atoms with van der Waals surface area (Å²) in [5.41, 5.74) is 0.760. The molecule has 3 rings (SSSR count). The lowest BCUT2D eigenvalue weighted by Gasteiger charge is -2.38. The van der Waals surface area contributed by atoms with Crippen molar-refractivity contribution in [1.82, 2.24) is 0 Å². The van der Waals surface area contributed by atoms with Crippen LogP contribution in [-0.4, -0.2) is 22.6 Å². The summed E-state index contributed by atoms with van der Waals surface area (Å²) in [5.74, 6) is -0.444. The van der Waals surface area contributed by atoms with E-state index in [1.807, 2.05) is 25.1 Å². The van der Waals surface area contributed by atoms with Crippen LogP contribution in [0.25, 0.3) is 0 Å². The maximum absolute atomic E-state index is 12.8. The van der Waals surface area contributed by atoms with E-state index < -0.39 is 11.6 Å². The standard InChI is InChI=1S/C18H19NO5/c1-4-11-5-7-14-13(9-11)19(17(22)18(2,3)24-14)10-12-6-8-15(23-12)16(20)21/h5-9H,4,10H2,1-3H3,(H,20,21). The van der Waals surface area contributed by atoms with Crippen LogP contribution in [0, 0.1) is 0 Å². The van der Waals surface area contributed by atoms with Crippen molar-refractivity contribution >= 4 is 17.6 Å². The Balaban J connectivity index is 2.01. The smallest absolute Gasteiger partial charge is 0.371 e. The van der Waals surface area contributed by atoms with Gasteiger partial charge in [-0.15, -0.1) is 0 Å². The third-order valence-electron chi connectivity index (χ3n) is 4.03. The number of amides is 1. The lowest BCUT2D eigenvalue weighted by atomic mass is 10.0. The lowest BCUT2D eigenvalue weighted by molar-refractivity contribution is -0.132. The molecule has 2 heterocycles. The Morgan fingerprint density at radius 2 is 2.00 bits per heavy atom. The lowest BCUT2D eigenvalue weighted by Crippen LogP contribution is -2.52. The first-order valence-electron chi connectivity index (χ1n) is 7.77. The van der Waals surface area contributed by atoms with Crippen molar-refractivity contribution in [2.45, 2.75) is 39.3 Å². The molecule has 24 heavy (non-hydrogen) atoms. The number of furan rings is 1. The molecular weight excluding hydrogens is 310 g/mol. The van der Waals surface area contributed by atoms with Crippen LogP contribution in [0.2, 0.25) is 0 Å². The molecule has 0 unspecified atom stereocenters. The molecule has 1 amide bonds. The predicted molar refractivity (Wildman–Crippen MR) is 87.4 cm³/mol. The van der Waals surface area contributed by atoms with E-state index in [1.54, 1.807) is 24.8 Å². The molecule has 0 bridgehead atoms. The molecule has 0 spiro atoms. The van der Waals surface area contributed by atoms with Gasteiger partial charge in [-0.1, -0.05) is 13.0 Å². The molecule has 0 atom stereocenters. The van der Waals surface area contributed by atoms with Gasteiger partial charge in [-0.2, -0.15) is 0 Å². The van der Waals surface area contributed by atoms with Gasteiger partial charge in [-0.3, -0.25) is 9.69 Å². The highest BCUT2D eigenvalue weighted by Crippen LogP contribution is 2.39. The number of aryl methyl sites for hydroxylation is 1. The Kier molecular flexibility index (Phi) is 3.83. The van der Waals surface area contributed by atoms with Crippen LogP contribution < -0.4 is 9.64 Å². The van der Waals surface area contributed by atoms with Gasteiger partial charge in [0, 0.05) is 0 Å². The van der Waals surface area contributed by atoms with Crippen molar-refractivity contribution in [3.63, 3.8) is 0 Å². The third-order valence-corrected chi connectivity index (χ3v) is 4.03. The Labute approximate surface area is 139 Å². The fourth-order valence-electron chi connectivity index (χ4n) is 2.72. The molecule has 1 aromatic carbocycles. The monoisotopic (exact) mass is 329 g/mol. The van der Waals surface area contributed by atoms with E-state index in [2.05, 4.69) is 0 Å². The van der Waals surface area contributed by atoms with Gasteiger partial charge >= 0.3 is 5.97 Å². The average molecular weight is 329 g/mol. The van der Waals surface area contributed by atoms with Crippen LogP contribution in [0.15, 0.2) is 34.7 Å². The predicted octanol–water partition coefficient (Wildman–Crippen LogP) is 3.24. The minimum atomic E-state index is -1.14. The summed E-state index contributed by atoms with van der Waals surface area (Å²) in [6.07, 6.45) is 0.836. The zero-order chi connectivity index (χ0) is 17.5. The third kappa shape index (κ3) is 2.75. The normalized spacial score (nSPS) is 15.8. The molecule has 0 fully saturated rings. The SMILES string of the molecule is CCc1ccc2c(c1)N(Cc1ccc(C(=O)O)o1)C(=O)C(C)(C)O2. The van der Waals surface area contributed by atoms with Crippen molar-refractivity contribution in [2.75, 3.05) is 4.90 Å². The van der Waals surface area contributed by atoms with Crippen molar-refractivity contribution in [3.05, 3.63) is 47.4 Å². The van der Waals surface area contributed by atoms with E-state index in [0.717, 1.165) is 12.0 Å². The van der Waals surface area contributed by atoms with E-state index in [1.165, 1.54) is 6.07 Å². The molecule has 1 N–H and O–H groups in total. The summed E-state index contributed by atoms with van der Waals surface area (Å²) < 4.78 is 11.1. The van der Waals surface area contributed by atoms with Gasteiger partial charge in [0.15, 0.2) is 5.60 Å². The summed E-state index contributed by atoms with van der Waals surface area (Å²) in [6, 6.07) is 8.71. The Morgan fingerprint density at radius 1 is 1.25 bits per heavy atom. The molecule has 1 aliphatic rings. The highest BCUT2D eigenvalue weighted by molar-refractivity contribution is 6.02. The highest BCUT2D eigenvalue weighted by Gasteiger charge is 2.41. The maximum Gasteiger partial charge on any atom is 0.371 e. The largest absolute Gasteiger partial charge is 0.476 e. The van der Waals surface area contributed by atoms with Crippen molar-refractivity contribution < 1.29 is 23.8 Å². The number of benzene rings is 1. The van der Waals surface area contributed by atoms with Crippen LogP contribution in [0.5, 0.6) is 5.75 Å². The number of ether oxygens (including phenoxy) is 1. The number of hydrogen-bond donors (Lipinski definition) is 1. The van der Waals surface area contributed by atoms with Crippen molar-refractivity contribution in [1.29, 1.82) is 0 Å². The Morgan fingerprint density at radius 3 is 2.62 bits per heavy atom. The van der Waals surface area contributed by atoms with Crippen LogP contribution in [0.1, 0.15) is 42.6 Å². The molecule has 0 radical (unpaired) electrons. The number of carbonyl (C=O) groups excluding carboxylic acids is 1. The minimum absolute atomic E-state index is 0.146. The number of carbonyl (C=O) groups is 2. The maximum atomic E-state index is 12.8. The number of carboxylic acid groups (broad SMARTS) is 1. The second kappa shape index (κ2) is 5.70. The van der Waals surface area contributed by atoms with Gasteiger partial charge in [-0.25, -0.2) is 4.79 Å².